The molecule has 1 saturated heterocycles. The highest BCUT2D eigenvalue weighted by Gasteiger charge is 2.17. The molecule has 156 valence electrons. The van der Waals surface area contributed by atoms with Gasteiger partial charge in [-0.2, -0.15) is 11.8 Å². The van der Waals surface area contributed by atoms with E-state index in [4.69, 9.17) is 0 Å². The van der Waals surface area contributed by atoms with Gasteiger partial charge in [0.25, 0.3) is 0 Å². The lowest BCUT2D eigenvalue weighted by Crippen LogP contribution is -2.38. The molecule has 3 aromatic rings. The number of hydrogen-bond donors (Lipinski definition) is 2. The van der Waals surface area contributed by atoms with Crippen LogP contribution in [0.4, 0.5) is 10.1 Å². The summed E-state index contributed by atoms with van der Waals surface area (Å²) in [4.78, 5) is 30.0. The smallest absolute Gasteiger partial charge is 0.228 e. The fraction of sp³-hybridized carbons (Fsp3) is 0.304. The first kappa shape index (κ1) is 20.5. The van der Waals surface area contributed by atoms with Crippen LogP contribution in [-0.2, 0) is 22.4 Å². The van der Waals surface area contributed by atoms with E-state index in [2.05, 4.69) is 10.3 Å². The number of nitrogens with one attached hydrogen (secondary N) is 2. The summed E-state index contributed by atoms with van der Waals surface area (Å²) in [6.07, 6.45) is 0.529. The zero-order valence-electron chi connectivity index (χ0n) is 16.8. The molecular formula is C23H24FN3O2S. The normalized spacial score (nSPS) is 14.1. The van der Waals surface area contributed by atoms with E-state index in [-0.39, 0.29) is 24.1 Å². The number of aromatic nitrogens is 1. The summed E-state index contributed by atoms with van der Waals surface area (Å²) >= 11 is 1.88. The predicted molar refractivity (Wildman–Crippen MR) is 119 cm³/mol. The first-order valence-corrected chi connectivity index (χ1v) is 11.2. The van der Waals surface area contributed by atoms with E-state index >= 15 is 0 Å². The van der Waals surface area contributed by atoms with Gasteiger partial charge in [0.1, 0.15) is 5.82 Å². The summed E-state index contributed by atoms with van der Waals surface area (Å²) < 4.78 is 13.6. The fourth-order valence-corrected chi connectivity index (χ4v) is 4.66. The zero-order valence-corrected chi connectivity index (χ0v) is 17.7. The topological polar surface area (TPSA) is 65.2 Å². The molecule has 0 bridgehead atoms. The van der Waals surface area contributed by atoms with Gasteiger partial charge < -0.3 is 15.2 Å². The van der Waals surface area contributed by atoms with Crippen LogP contribution in [-0.4, -0.2) is 46.3 Å². The molecule has 0 radical (unpaired) electrons. The van der Waals surface area contributed by atoms with E-state index in [0.717, 1.165) is 52.3 Å². The number of amides is 2. The van der Waals surface area contributed by atoms with Gasteiger partial charge in [0.05, 0.1) is 12.8 Å². The van der Waals surface area contributed by atoms with Crippen LogP contribution in [0.3, 0.4) is 0 Å². The summed E-state index contributed by atoms with van der Waals surface area (Å²) in [6.45, 7) is 3.51. The molecule has 0 atom stereocenters. The summed E-state index contributed by atoms with van der Waals surface area (Å²) in [7, 11) is 0. The van der Waals surface area contributed by atoms with Gasteiger partial charge in [0.2, 0.25) is 11.8 Å². The molecule has 2 heterocycles. The number of fused-ring (bicyclic) bond motifs is 1. The maximum atomic E-state index is 13.6. The fourth-order valence-electron chi connectivity index (χ4n) is 3.75. The molecule has 1 aromatic heterocycles. The van der Waals surface area contributed by atoms with Gasteiger partial charge in [0.15, 0.2) is 0 Å². The van der Waals surface area contributed by atoms with Crippen molar-refractivity contribution < 1.29 is 14.0 Å². The van der Waals surface area contributed by atoms with Gasteiger partial charge in [-0.25, -0.2) is 4.39 Å². The number of aryl methyl sites for hydroxylation is 1. The Labute approximate surface area is 179 Å². The second-order valence-corrected chi connectivity index (χ2v) is 8.74. The molecule has 2 N–H and O–H groups in total. The number of thioether (sulfide) groups is 1. The van der Waals surface area contributed by atoms with Crippen molar-refractivity contribution in [1.29, 1.82) is 0 Å². The molecule has 0 saturated carbocycles. The molecule has 7 heteroatoms. The first-order valence-electron chi connectivity index (χ1n) is 10.0. The van der Waals surface area contributed by atoms with Crippen molar-refractivity contribution in [2.75, 3.05) is 29.9 Å². The van der Waals surface area contributed by atoms with Crippen molar-refractivity contribution >= 4 is 40.2 Å². The molecule has 1 fully saturated rings. The molecule has 2 amide bonds. The average Bonchev–Trinajstić information content (AvgIpc) is 3.04. The lowest BCUT2D eigenvalue weighted by atomic mass is 10.1. The van der Waals surface area contributed by atoms with E-state index in [9.17, 15) is 14.0 Å². The molecule has 5 nitrogen and oxygen atoms in total. The van der Waals surface area contributed by atoms with Crippen LogP contribution in [0.2, 0.25) is 0 Å². The number of halogens is 1. The van der Waals surface area contributed by atoms with E-state index < -0.39 is 0 Å². The number of rotatable bonds is 5. The lowest BCUT2D eigenvalue weighted by molar-refractivity contribution is -0.130. The first-order chi connectivity index (χ1) is 14.5. The third-order valence-electron chi connectivity index (χ3n) is 5.38. The highest BCUT2D eigenvalue weighted by atomic mass is 32.2. The van der Waals surface area contributed by atoms with E-state index in [1.165, 1.54) is 12.1 Å². The van der Waals surface area contributed by atoms with Gasteiger partial charge in [0, 0.05) is 46.9 Å². The van der Waals surface area contributed by atoms with Crippen LogP contribution in [0.15, 0.2) is 42.5 Å². The molecule has 4 rings (SSSR count). The van der Waals surface area contributed by atoms with Gasteiger partial charge in [-0.1, -0.05) is 12.1 Å². The second-order valence-electron chi connectivity index (χ2n) is 7.51. The quantitative estimate of drug-likeness (QED) is 0.651. The van der Waals surface area contributed by atoms with Crippen molar-refractivity contribution in [1.82, 2.24) is 9.88 Å². The maximum absolute atomic E-state index is 13.6. The molecule has 0 aliphatic carbocycles. The van der Waals surface area contributed by atoms with Crippen molar-refractivity contribution in [2.24, 2.45) is 0 Å². The lowest BCUT2D eigenvalue weighted by Gasteiger charge is -2.26. The SMILES string of the molecule is Cc1[nH]c2ccc(F)cc2c1CC(=O)Nc1ccc(CC(=O)N2CCSCC2)cc1. The molecule has 2 aromatic carbocycles. The summed E-state index contributed by atoms with van der Waals surface area (Å²) in [6, 6.07) is 11.9. The number of benzene rings is 2. The second kappa shape index (κ2) is 8.92. The van der Waals surface area contributed by atoms with E-state index in [1.54, 1.807) is 6.07 Å². The standard InChI is InChI=1S/C23H24FN3O2S/c1-15-19(20-13-17(24)4-7-21(20)25-15)14-22(28)26-18-5-2-16(3-6-18)12-23(29)27-8-10-30-11-9-27/h2-7,13,25H,8-12,14H2,1H3,(H,26,28). The minimum Gasteiger partial charge on any atom is -0.358 e. The van der Waals surface area contributed by atoms with Crippen LogP contribution in [0.1, 0.15) is 16.8 Å². The Balaban J connectivity index is 1.38. The van der Waals surface area contributed by atoms with Crippen molar-refractivity contribution in [3.63, 3.8) is 0 Å². The summed E-state index contributed by atoms with van der Waals surface area (Å²) in [5, 5.41) is 3.62. The number of aromatic amines is 1. The average molecular weight is 426 g/mol. The molecule has 0 spiro atoms. The number of nitrogens with zero attached hydrogens (tertiary/aromatic N) is 1. The van der Waals surface area contributed by atoms with E-state index in [1.807, 2.05) is 47.9 Å². The summed E-state index contributed by atoms with van der Waals surface area (Å²) in [5.74, 6) is 1.65. The van der Waals surface area contributed by atoms with E-state index in [0.29, 0.717) is 12.1 Å². The van der Waals surface area contributed by atoms with Gasteiger partial charge >= 0.3 is 0 Å². The van der Waals surface area contributed by atoms with Crippen LogP contribution in [0, 0.1) is 12.7 Å². The van der Waals surface area contributed by atoms with Crippen molar-refractivity contribution in [2.45, 2.75) is 19.8 Å². The highest BCUT2D eigenvalue weighted by molar-refractivity contribution is 7.99. The minimum atomic E-state index is -0.323. The number of carbonyl (C=O) groups is 2. The van der Waals surface area contributed by atoms with Crippen LogP contribution >= 0.6 is 11.8 Å². The Morgan fingerprint density at radius 3 is 2.57 bits per heavy atom. The number of hydrogen-bond acceptors (Lipinski definition) is 3. The molecule has 1 aliphatic heterocycles. The number of anilines is 1. The van der Waals surface area contributed by atoms with Crippen LogP contribution in [0.25, 0.3) is 10.9 Å². The monoisotopic (exact) mass is 425 g/mol. The zero-order chi connectivity index (χ0) is 21.1. The Bertz CT molecular complexity index is 1070. The minimum absolute atomic E-state index is 0.147. The van der Waals surface area contributed by atoms with Crippen molar-refractivity contribution in [3.05, 3.63) is 65.1 Å². The van der Waals surface area contributed by atoms with Gasteiger partial charge in [-0.15, -0.1) is 0 Å². The highest BCUT2D eigenvalue weighted by Crippen LogP contribution is 2.24. The Morgan fingerprint density at radius 1 is 1.10 bits per heavy atom. The molecule has 30 heavy (non-hydrogen) atoms. The van der Waals surface area contributed by atoms with Crippen molar-refractivity contribution in [3.8, 4) is 0 Å². The van der Waals surface area contributed by atoms with Crippen LogP contribution in [0.5, 0.6) is 0 Å². The largest absolute Gasteiger partial charge is 0.358 e. The Hall–Kier alpha value is -2.80. The maximum Gasteiger partial charge on any atom is 0.228 e. The molecular weight excluding hydrogens is 401 g/mol. The Kier molecular flexibility index (Phi) is 6.08. The number of carbonyl (C=O) groups excluding carboxylic acids is 2. The third kappa shape index (κ3) is 4.67. The Morgan fingerprint density at radius 2 is 1.83 bits per heavy atom. The summed E-state index contributed by atoms with van der Waals surface area (Å²) in [5.41, 5.74) is 4.08. The van der Waals surface area contributed by atoms with Gasteiger partial charge in [-0.05, 0) is 48.4 Å². The number of H-pyrrole nitrogens is 1. The van der Waals surface area contributed by atoms with Gasteiger partial charge in [-0.3, -0.25) is 9.59 Å². The molecule has 1 aliphatic rings. The molecule has 0 unspecified atom stereocenters. The predicted octanol–water partition coefficient (Wildman–Crippen LogP) is 3.91. The third-order valence-corrected chi connectivity index (χ3v) is 6.32. The van der Waals surface area contributed by atoms with Crippen LogP contribution < -0.4 is 5.32 Å².